The van der Waals surface area contributed by atoms with Crippen molar-refractivity contribution < 1.29 is 9.18 Å². The second-order valence-electron chi connectivity index (χ2n) is 4.38. The molecular weight excluding hydrogens is 322 g/mol. The van der Waals surface area contributed by atoms with Gasteiger partial charge in [0.15, 0.2) is 0 Å². The molecule has 18 heavy (non-hydrogen) atoms. The number of rotatable bonds is 2. The van der Waals surface area contributed by atoms with E-state index in [0.717, 1.165) is 12.8 Å². The fourth-order valence-electron chi connectivity index (χ4n) is 2.08. The summed E-state index contributed by atoms with van der Waals surface area (Å²) < 4.78 is 14.2. The fraction of sp³-hybridized carbons (Fsp3) is 0.417. The van der Waals surface area contributed by atoms with Gasteiger partial charge in [-0.15, -0.1) is 12.4 Å². The van der Waals surface area contributed by atoms with Crippen LogP contribution < -0.4 is 11.1 Å². The summed E-state index contributed by atoms with van der Waals surface area (Å²) in [6.45, 7) is 0. The van der Waals surface area contributed by atoms with E-state index in [4.69, 9.17) is 5.73 Å². The highest BCUT2D eigenvalue weighted by atomic mass is 79.9. The Kier molecular flexibility index (Phi) is 5.56. The van der Waals surface area contributed by atoms with Crippen molar-refractivity contribution in [2.45, 2.75) is 25.3 Å². The van der Waals surface area contributed by atoms with Crippen LogP contribution in [-0.4, -0.2) is 11.9 Å². The molecule has 0 heterocycles. The van der Waals surface area contributed by atoms with E-state index in [9.17, 15) is 9.18 Å². The summed E-state index contributed by atoms with van der Waals surface area (Å²) >= 11 is 3.17. The summed E-state index contributed by atoms with van der Waals surface area (Å²) in [7, 11) is 0. The van der Waals surface area contributed by atoms with Crippen molar-refractivity contribution in [2.75, 3.05) is 5.32 Å². The molecule has 1 aliphatic carbocycles. The molecule has 0 radical (unpaired) electrons. The van der Waals surface area contributed by atoms with Crippen LogP contribution >= 0.6 is 28.3 Å². The smallest absolute Gasteiger partial charge is 0.227 e. The lowest BCUT2D eigenvalue weighted by molar-refractivity contribution is -0.119. The number of halogens is 3. The van der Waals surface area contributed by atoms with Crippen molar-refractivity contribution in [2.24, 2.45) is 11.7 Å². The second-order valence-corrected chi connectivity index (χ2v) is 5.30. The lowest BCUT2D eigenvalue weighted by Crippen LogP contribution is -2.23. The van der Waals surface area contributed by atoms with E-state index in [2.05, 4.69) is 21.2 Å². The predicted octanol–water partition coefficient (Wildman–Crippen LogP) is 3.08. The van der Waals surface area contributed by atoms with E-state index in [1.807, 2.05) is 0 Å². The van der Waals surface area contributed by atoms with Crippen molar-refractivity contribution in [3.63, 3.8) is 0 Å². The predicted molar refractivity (Wildman–Crippen MR) is 75.3 cm³/mol. The Morgan fingerprint density at radius 3 is 2.72 bits per heavy atom. The minimum atomic E-state index is -0.435. The van der Waals surface area contributed by atoms with Gasteiger partial charge in [-0.25, -0.2) is 4.39 Å². The molecule has 1 aliphatic rings. The Balaban J connectivity index is 0.00000162. The Morgan fingerprint density at radius 1 is 1.44 bits per heavy atom. The van der Waals surface area contributed by atoms with Crippen molar-refractivity contribution in [3.8, 4) is 0 Å². The molecule has 1 saturated carbocycles. The molecule has 3 N–H and O–H groups in total. The average molecular weight is 338 g/mol. The van der Waals surface area contributed by atoms with Crippen LogP contribution in [0.3, 0.4) is 0 Å². The van der Waals surface area contributed by atoms with Gasteiger partial charge < -0.3 is 11.1 Å². The molecular formula is C12H15BrClFN2O. The van der Waals surface area contributed by atoms with Gasteiger partial charge in [-0.05, 0) is 37.5 Å². The van der Waals surface area contributed by atoms with Crippen LogP contribution in [0.2, 0.25) is 0 Å². The van der Waals surface area contributed by atoms with E-state index in [0.29, 0.717) is 10.9 Å². The van der Waals surface area contributed by atoms with Crippen LogP contribution in [0.1, 0.15) is 19.3 Å². The Hall–Kier alpha value is -0.650. The number of nitrogens with two attached hydrogens (primary N) is 1. The first-order valence-corrected chi connectivity index (χ1v) is 6.37. The molecule has 2 atom stereocenters. The van der Waals surface area contributed by atoms with E-state index >= 15 is 0 Å². The Morgan fingerprint density at radius 2 is 2.17 bits per heavy atom. The van der Waals surface area contributed by atoms with Crippen LogP contribution in [0, 0.1) is 11.7 Å². The third-order valence-corrected chi connectivity index (χ3v) is 3.53. The van der Waals surface area contributed by atoms with Gasteiger partial charge in [0.1, 0.15) is 5.82 Å². The van der Waals surface area contributed by atoms with Gasteiger partial charge in [0.05, 0.1) is 5.69 Å². The zero-order valence-electron chi connectivity index (χ0n) is 9.66. The van der Waals surface area contributed by atoms with E-state index in [1.54, 1.807) is 12.1 Å². The monoisotopic (exact) mass is 336 g/mol. The van der Waals surface area contributed by atoms with Crippen LogP contribution in [-0.2, 0) is 4.79 Å². The number of amides is 1. The number of hydrogen-bond donors (Lipinski definition) is 2. The first-order chi connectivity index (χ1) is 8.06. The molecule has 1 amide bonds. The maximum absolute atomic E-state index is 13.5. The lowest BCUT2D eigenvalue weighted by Gasteiger charge is -2.11. The quantitative estimate of drug-likeness (QED) is 0.871. The molecule has 1 aromatic carbocycles. The highest BCUT2D eigenvalue weighted by Gasteiger charge is 2.28. The van der Waals surface area contributed by atoms with Crippen molar-refractivity contribution in [1.29, 1.82) is 0 Å². The maximum atomic E-state index is 13.5. The molecule has 0 aliphatic heterocycles. The summed E-state index contributed by atoms with van der Waals surface area (Å²) in [4.78, 5) is 11.9. The Labute approximate surface area is 120 Å². The zero-order valence-corrected chi connectivity index (χ0v) is 12.1. The average Bonchev–Trinajstić information content (AvgIpc) is 2.69. The number of benzene rings is 1. The third kappa shape index (κ3) is 3.67. The lowest BCUT2D eigenvalue weighted by atomic mass is 10.1. The van der Waals surface area contributed by atoms with Crippen LogP contribution in [0.25, 0.3) is 0 Å². The standard InChI is InChI=1S/C12H14BrFN2O.ClH/c13-8-2-4-11(10(14)6-8)16-12(17)7-1-3-9(15)5-7;/h2,4,6-7,9H,1,3,5,15H2,(H,16,17);1H. The van der Waals surface area contributed by atoms with E-state index in [-0.39, 0.29) is 36.0 Å². The first-order valence-electron chi connectivity index (χ1n) is 5.58. The molecule has 1 aromatic rings. The van der Waals surface area contributed by atoms with E-state index < -0.39 is 5.82 Å². The summed E-state index contributed by atoms with van der Waals surface area (Å²) in [6.07, 6.45) is 2.33. The van der Waals surface area contributed by atoms with Gasteiger partial charge in [0.25, 0.3) is 0 Å². The highest BCUT2D eigenvalue weighted by Crippen LogP contribution is 2.26. The second kappa shape index (κ2) is 6.50. The van der Waals surface area contributed by atoms with Crippen molar-refractivity contribution >= 4 is 39.9 Å². The number of carbonyl (C=O) groups excluding carboxylic acids is 1. The number of anilines is 1. The van der Waals surface area contributed by atoms with Gasteiger partial charge in [0, 0.05) is 16.4 Å². The fourth-order valence-corrected chi connectivity index (χ4v) is 2.41. The topological polar surface area (TPSA) is 55.1 Å². The SMILES string of the molecule is Cl.NC1CCC(C(=O)Nc2ccc(Br)cc2F)C1. The molecule has 3 nitrogen and oxygen atoms in total. The zero-order chi connectivity index (χ0) is 12.4. The largest absolute Gasteiger partial charge is 0.328 e. The number of nitrogens with one attached hydrogen (secondary N) is 1. The minimum Gasteiger partial charge on any atom is -0.328 e. The molecule has 2 unspecified atom stereocenters. The molecule has 2 rings (SSSR count). The number of carbonyl (C=O) groups is 1. The molecule has 100 valence electrons. The van der Waals surface area contributed by atoms with Crippen molar-refractivity contribution in [3.05, 3.63) is 28.5 Å². The van der Waals surface area contributed by atoms with Gasteiger partial charge in [-0.1, -0.05) is 15.9 Å². The van der Waals surface area contributed by atoms with Gasteiger partial charge >= 0.3 is 0 Å². The summed E-state index contributed by atoms with van der Waals surface area (Å²) in [5, 5.41) is 2.61. The molecule has 6 heteroatoms. The summed E-state index contributed by atoms with van der Waals surface area (Å²) in [5.41, 5.74) is 5.97. The highest BCUT2D eigenvalue weighted by molar-refractivity contribution is 9.10. The molecule has 0 bridgehead atoms. The maximum Gasteiger partial charge on any atom is 0.227 e. The van der Waals surface area contributed by atoms with Crippen LogP contribution in [0.4, 0.5) is 10.1 Å². The Bertz CT molecular complexity index is 444. The normalized spacial score (nSPS) is 22.4. The van der Waals surface area contributed by atoms with Crippen LogP contribution in [0.5, 0.6) is 0 Å². The van der Waals surface area contributed by atoms with Crippen LogP contribution in [0.15, 0.2) is 22.7 Å². The first kappa shape index (κ1) is 15.4. The molecule has 0 aromatic heterocycles. The van der Waals surface area contributed by atoms with E-state index in [1.165, 1.54) is 6.07 Å². The molecule has 0 spiro atoms. The minimum absolute atomic E-state index is 0. The summed E-state index contributed by atoms with van der Waals surface area (Å²) in [5.74, 6) is -0.665. The molecule has 1 fully saturated rings. The van der Waals surface area contributed by atoms with Gasteiger partial charge in [-0.3, -0.25) is 4.79 Å². The van der Waals surface area contributed by atoms with Crippen molar-refractivity contribution in [1.82, 2.24) is 0 Å². The van der Waals surface area contributed by atoms with Gasteiger partial charge in [0.2, 0.25) is 5.91 Å². The van der Waals surface area contributed by atoms with Gasteiger partial charge in [-0.2, -0.15) is 0 Å². The third-order valence-electron chi connectivity index (χ3n) is 3.03. The summed E-state index contributed by atoms with van der Waals surface area (Å²) in [6, 6.07) is 4.67. The molecule has 0 saturated heterocycles. The number of hydrogen-bond acceptors (Lipinski definition) is 2.